The third-order valence-corrected chi connectivity index (χ3v) is 4.42. The van der Waals surface area contributed by atoms with E-state index in [0.29, 0.717) is 16.1 Å². The van der Waals surface area contributed by atoms with Crippen molar-refractivity contribution < 1.29 is 13.2 Å². The van der Waals surface area contributed by atoms with Crippen LogP contribution < -0.4 is 5.69 Å². The highest BCUT2D eigenvalue weighted by atomic mass is 79.9. The van der Waals surface area contributed by atoms with Crippen molar-refractivity contribution in [1.29, 1.82) is 0 Å². The van der Waals surface area contributed by atoms with Gasteiger partial charge in [0.2, 0.25) is 0 Å². The molecular weight excluding hydrogens is 449 g/mol. The molecule has 0 N–H and O–H groups in total. The number of aromatic nitrogens is 4. The second-order valence-electron chi connectivity index (χ2n) is 5.80. The van der Waals surface area contributed by atoms with Gasteiger partial charge in [-0.05, 0) is 51.8 Å². The lowest BCUT2D eigenvalue weighted by atomic mass is 10.2. The fraction of sp³-hybridized carbons (Fsp3) is 0.235. The topological polar surface area (TPSA) is 52.7 Å². The molecule has 0 saturated carbocycles. The van der Waals surface area contributed by atoms with Gasteiger partial charge in [-0.1, -0.05) is 11.6 Å². The van der Waals surface area contributed by atoms with Gasteiger partial charge >= 0.3 is 11.9 Å². The summed E-state index contributed by atoms with van der Waals surface area (Å²) < 4.78 is 40.9. The predicted octanol–water partition coefficient (Wildman–Crippen LogP) is 4.52. The Hall–Kier alpha value is -2.13. The molecule has 27 heavy (non-hydrogen) atoms. The summed E-state index contributed by atoms with van der Waals surface area (Å²) >= 11 is 9.16. The van der Waals surface area contributed by atoms with Crippen LogP contribution in [0.15, 0.2) is 52.0 Å². The number of nitrogens with zero attached hydrogens (tertiary/aromatic N) is 4. The summed E-state index contributed by atoms with van der Waals surface area (Å²) in [6.07, 6.45) is -2.36. The van der Waals surface area contributed by atoms with Gasteiger partial charge in [0.25, 0.3) is 0 Å². The first-order valence-corrected chi connectivity index (χ1v) is 9.00. The quantitative estimate of drug-likeness (QED) is 0.561. The van der Waals surface area contributed by atoms with Crippen molar-refractivity contribution in [2.45, 2.75) is 25.7 Å². The highest BCUT2D eigenvalue weighted by Gasteiger charge is 2.28. The van der Waals surface area contributed by atoms with Crippen LogP contribution in [0.1, 0.15) is 12.0 Å². The van der Waals surface area contributed by atoms with E-state index in [-0.39, 0.29) is 12.4 Å². The molecular formula is C17H13BrClF3N4O. The van der Waals surface area contributed by atoms with Gasteiger partial charge in [0.15, 0.2) is 5.82 Å². The van der Waals surface area contributed by atoms with Crippen LogP contribution in [0.5, 0.6) is 0 Å². The Morgan fingerprint density at radius 2 is 1.85 bits per heavy atom. The van der Waals surface area contributed by atoms with Gasteiger partial charge in [0, 0.05) is 34.0 Å². The van der Waals surface area contributed by atoms with Crippen molar-refractivity contribution in [2.24, 2.45) is 0 Å². The highest BCUT2D eigenvalue weighted by Crippen LogP contribution is 2.23. The van der Waals surface area contributed by atoms with Crippen LogP contribution in [0.25, 0.3) is 11.4 Å². The molecule has 0 atom stereocenters. The molecule has 5 nitrogen and oxygen atoms in total. The Morgan fingerprint density at radius 3 is 2.48 bits per heavy atom. The van der Waals surface area contributed by atoms with E-state index in [2.05, 4.69) is 26.0 Å². The maximum atomic E-state index is 12.7. The zero-order valence-corrected chi connectivity index (χ0v) is 16.1. The normalized spacial score (nSPS) is 11.7. The van der Waals surface area contributed by atoms with E-state index in [1.54, 1.807) is 42.7 Å². The van der Waals surface area contributed by atoms with Crippen molar-refractivity contribution in [1.82, 2.24) is 19.3 Å². The highest BCUT2D eigenvalue weighted by molar-refractivity contribution is 9.10. The average molecular weight is 462 g/mol. The smallest absolute Gasteiger partial charge is 0.275 e. The molecule has 0 aliphatic rings. The number of hydrogen-bond donors (Lipinski definition) is 0. The zero-order chi connectivity index (χ0) is 19.6. The summed E-state index contributed by atoms with van der Waals surface area (Å²) in [5, 5.41) is 4.72. The van der Waals surface area contributed by atoms with Crippen molar-refractivity contribution in [3.05, 3.63) is 68.3 Å². The van der Waals surface area contributed by atoms with E-state index in [1.807, 2.05) is 0 Å². The lowest BCUT2D eigenvalue weighted by Gasteiger charge is -2.08. The summed E-state index contributed by atoms with van der Waals surface area (Å²) in [7, 11) is 0. The minimum atomic E-state index is -4.38. The van der Waals surface area contributed by atoms with E-state index in [0.717, 1.165) is 13.7 Å². The number of alkyl halides is 3. The van der Waals surface area contributed by atoms with E-state index in [9.17, 15) is 18.0 Å². The minimum Gasteiger partial charge on any atom is -0.275 e. The van der Waals surface area contributed by atoms with E-state index >= 15 is 0 Å². The number of pyridine rings is 1. The molecule has 142 valence electrons. The molecule has 3 rings (SSSR count). The molecule has 10 heteroatoms. The van der Waals surface area contributed by atoms with Crippen LogP contribution in [0, 0.1) is 0 Å². The Kier molecular flexibility index (Phi) is 5.71. The van der Waals surface area contributed by atoms with Crippen LogP contribution in [-0.2, 0) is 13.1 Å². The van der Waals surface area contributed by atoms with E-state index in [4.69, 9.17) is 11.6 Å². The summed E-state index contributed by atoms with van der Waals surface area (Å²) in [4.78, 5) is 16.7. The molecule has 0 fully saturated rings. The molecule has 2 aromatic heterocycles. The van der Waals surface area contributed by atoms with Crippen LogP contribution in [0.4, 0.5) is 13.2 Å². The van der Waals surface area contributed by atoms with Gasteiger partial charge in [-0.15, -0.1) is 5.10 Å². The monoisotopic (exact) mass is 460 g/mol. The lowest BCUT2D eigenvalue weighted by Crippen LogP contribution is -2.27. The van der Waals surface area contributed by atoms with Crippen molar-refractivity contribution in [2.75, 3.05) is 0 Å². The van der Waals surface area contributed by atoms with Gasteiger partial charge in [-0.2, -0.15) is 13.2 Å². The van der Waals surface area contributed by atoms with Crippen LogP contribution in [0.2, 0.25) is 5.02 Å². The predicted molar refractivity (Wildman–Crippen MR) is 98.6 cm³/mol. The minimum absolute atomic E-state index is 0.0882. The van der Waals surface area contributed by atoms with E-state index < -0.39 is 24.8 Å². The summed E-state index contributed by atoms with van der Waals surface area (Å²) in [6, 6.07) is 8.16. The largest absolute Gasteiger partial charge is 0.390 e. The third kappa shape index (κ3) is 4.98. The summed E-state index contributed by atoms with van der Waals surface area (Å²) in [5.41, 5.74) is 0.573. The van der Waals surface area contributed by atoms with Gasteiger partial charge in [-0.3, -0.25) is 9.55 Å². The Balaban J connectivity index is 2.02. The summed E-state index contributed by atoms with van der Waals surface area (Å²) in [5.74, 6) is 0.156. The van der Waals surface area contributed by atoms with Crippen molar-refractivity contribution >= 4 is 27.5 Å². The molecule has 1 aromatic carbocycles. The second-order valence-corrected chi connectivity index (χ2v) is 7.15. The maximum Gasteiger partial charge on any atom is 0.390 e. The molecule has 0 unspecified atom stereocenters. The van der Waals surface area contributed by atoms with Crippen LogP contribution in [0.3, 0.4) is 0 Å². The molecule has 3 aromatic rings. The van der Waals surface area contributed by atoms with Gasteiger partial charge in [-0.25, -0.2) is 9.48 Å². The molecule has 2 heterocycles. The number of hydrogen-bond acceptors (Lipinski definition) is 3. The lowest BCUT2D eigenvalue weighted by molar-refractivity contribution is -0.136. The van der Waals surface area contributed by atoms with Gasteiger partial charge in [0.05, 0.1) is 13.0 Å². The number of rotatable bonds is 5. The third-order valence-electron chi connectivity index (χ3n) is 3.74. The van der Waals surface area contributed by atoms with Gasteiger partial charge in [0.1, 0.15) is 0 Å². The first-order chi connectivity index (χ1) is 12.7. The molecule has 0 spiro atoms. The Bertz CT molecular complexity index is 999. The number of benzene rings is 1. The maximum absolute atomic E-state index is 12.7. The fourth-order valence-corrected chi connectivity index (χ4v) is 3.05. The van der Waals surface area contributed by atoms with Crippen molar-refractivity contribution in [3.8, 4) is 11.4 Å². The van der Waals surface area contributed by atoms with Crippen LogP contribution >= 0.6 is 27.5 Å². The zero-order valence-electron chi connectivity index (χ0n) is 13.7. The summed E-state index contributed by atoms with van der Waals surface area (Å²) in [6.45, 7) is -0.429. The molecule has 0 amide bonds. The Morgan fingerprint density at radius 1 is 1.15 bits per heavy atom. The molecule has 0 bridgehead atoms. The Labute approximate surface area is 165 Å². The van der Waals surface area contributed by atoms with E-state index in [1.165, 1.54) is 0 Å². The standard InChI is InChI=1S/C17H13BrClF3N4O/c18-13-7-11(8-23-9-13)10-26-16(27)25(6-5-17(20,21)22)15(24-26)12-1-3-14(19)4-2-12/h1-4,7-9H,5-6,10H2. The first-order valence-electron chi connectivity index (χ1n) is 7.83. The second kappa shape index (κ2) is 7.85. The number of halogens is 5. The molecule has 0 aliphatic carbocycles. The average Bonchev–Trinajstić information content (AvgIpc) is 2.89. The SMILES string of the molecule is O=c1n(Cc2cncc(Br)c2)nc(-c2ccc(Cl)cc2)n1CCC(F)(F)F. The van der Waals surface area contributed by atoms with Crippen molar-refractivity contribution in [3.63, 3.8) is 0 Å². The molecule has 0 aliphatic heterocycles. The first kappa shape index (κ1) is 19.6. The molecule has 0 radical (unpaired) electrons. The fourth-order valence-electron chi connectivity index (χ4n) is 2.51. The van der Waals surface area contributed by atoms with Gasteiger partial charge < -0.3 is 0 Å². The molecule has 0 saturated heterocycles. The van der Waals surface area contributed by atoms with Crippen LogP contribution in [-0.4, -0.2) is 25.5 Å².